The van der Waals surface area contributed by atoms with Crippen LogP contribution >= 0.6 is 0 Å². The molecule has 0 heterocycles. The van der Waals surface area contributed by atoms with E-state index in [9.17, 15) is 8.78 Å². The van der Waals surface area contributed by atoms with E-state index >= 15 is 0 Å². The third kappa shape index (κ3) is 10.5. The molecule has 0 aromatic carbocycles. The summed E-state index contributed by atoms with van der Waals surface area (Å²) in [5, 5.41) is 0. The van der Waals surface area contributed by atoms with Gasteiger partial charge in [-0.1, -0.05) is 67.7 Å². The van der Waals surface area contributed by atoms with Crippen LogP contribution < -0.4 is 0 Å². The molecule has 0 amide bonds. The minimum absolute atomic E-state index is 0. The van der Waals surface area contributed by atoms with Gasteiger partial charge < -0.3 is 0 Å². The third-order valence-corrected chi connectivity index (χ3v) is 2.72. The van der Waals surface area contributed by atoms with Gasteiger partial charge in [-0.3, -0.25) is 0 Å². The number of hydrogen-bond acceptors (Lipinski definition) is 0. The van der Waals surface area contributed by atoms with E-state index in [1.165, 1.54) is 5.57 Å². The second-order valence-corrected chi connectivity index (χ2v) is 6.65. The van der Waals surface area contributed by atoms with E-state index in [-0.39, 0.29) is 13.0 Å². The van der Waals surface area contributed by atoms with Gasteiger partial charge in [-0.15, -0.1) is 0 Å². The maximum Gasteiger partial charge on any atom is 0.266 e. The van der Waals surface area contributed by atoms with Gasteiger partial charge in [0.05, 0.1) is 0 Å². The van der Waals surface area contributed by atoms with Crippen LogP contribution in [0.2, 0.25) is 0 Å². The average Bonchev–Trinajstić information content (AvgIpc) is 1.98. The van der Waals surface area contributed by atoms with Crippen molar-refractivity contribution in [1.82, 2.24) is 0 Å². The lowest BCUT2D eigenvalue weighted by Crippen LogP contribution is -2.24. The Hall–Kier alpha value is -0.660. The van der Waals surface area contributed by atoms with Gasteiger partial charge in [0.2, 0.25) is 0 Å². The Balaban J connectivity index is -0.000000251. The smallest absolute Gasteiger partial charge is 0.202 e. The van der Waals surface area contributed by atoms with E-state index in [4.69, 9.17) is 0 Å². The number of rotatable bonds is 1. The van der Waals surface area contributed by atoms with Crippen molar-refractivity contribution in [3.8, 4) is 0 Å². The van der Waals surface area contributed by atoms with Crippen LogP contribution in [0.4, 0.5) is 8.78 Å². The second-order valence-electron chi connectivity index (χ2n) is 6.65. The van der Waals surface area contributed by atoms with Gasteiger partial charge >= 0.3 is 0 Å². The molecule has 0 aliphatic rings. The van der Waals surface area contributed by atoms with Gasteiger partial charge in [0.1, 0.15) is 0 Å². The first-order chi connectivity index (χ1) is 7.10. The Labute approximate surface area is 113 Å². The normalized spacial score (nSPS) is 11.9. The van der Waals surface area contributed by atoms with Gasteiger partial charge in [0, 0.05) is 6.92 Å². The molecule has 0 aliphatic heterocycles. The highest BCUT2D eigenvalue weighted by atomic mass is 19.3. The van der Waals surface area contributed by atoms with E-state index < -0.39 is 11.3 Å². The van der Waals surface area contributed by atoms with Crippen molar-refractivity contribution in [2.45, 2.75) is 68.7 Å². The number of alkyl halides is 2. The van der Waals surface area contributed by atoms with Crippen LogP contribution in [0.15, 0.2) is 24.3 Å². The van der Waals surface area contributed by atoms with Crippen LogP contribution in [-0.2, 0) is 0 Å². The van der Waals surface area contributed by atoms with Gasteiger partial charge in [-0.2, -0.15) is 0 Å². The Bertz CT molecular complexity index is 251. The first-order valence-electron chi connectivity index (χ1n) is 5.84. The average molecular weight is 262 g/mol. The van der Waals surface area contributed by atoms with Crippen LogP contribution in [-0.4, -0.2) is 5.92 Å². The van der Waals surface area contributed by atoms with E-state index in [1.807, 2.05) is 0 Å². The van der Waals surface area contributed by atoms with Crippen LogP contribution in [0.3, 0.4) is 0 Å². The first kappa shape index (κ1) is 22.5. The Morgan fingerprint density at radius 1 is 0.778 bits per heavy atom. The maximum absolute atomic E-state index is 12.5. The zero-order valence-corrected chi connectivity index (χ0v) is 12.7. The summed E-state index contributed by atoms with van der Waals surface area (Å²) in [6.45, 7) is 21.8. The minimum Gasteiger partial charge on any atom is -0.202 e. The number of hydrogen-bond donors (Lipinski definition) is 0. The first-order valence-corrected chi connectivity index (χ1v) is 5.84. The van der Waals surface area contributed by atoms with Gasteiger partial charge in [-0.25, -0.2) is 8.78 Å². The van der Waals surface area contributed by atoms with E-state index in [0.717, 1.165) is 6.92 Å². The molecule has 0 fully saturated rings. The lowest BCUT2D eigenvalue weighted by molar-refractivity contribution is 0.0444. The highest BCUT2D eigenvalue weighted by Gasteiger charge is 2.33. The molecule has 0 atom stereocenters. The Morgan fingerprint density at radius 2 is 1.00 bits per heavy atom. The summed E-state index contributed by atoms with van der Waals surface area (Å²) in [5.41, 5.74) is 1.03. The molecule has 110 valence electrons. The molecule has 0 unspecified atom stereocenters. The molecule has 0 aromatic rings. The van der Waals surface area contributed by atoms with Crippen molar-refractivity contribution < 1.29 is 8.78 Å². The fraction of sp³-hybridized carbons (Fsp3) is 0.750. The topological polar surface area (TPSA) is 0 Å². The maximum atomic E-state index is 12.5. The molecule has 18 heavy (non-hydrogen) atoms. The van der Waals surface area contributed by atoms with Gasteiger partial charge in [0.25, 0.3) is 5.92 Å². The molecule has 0 bridgehead atoms. The third-order valence-electron chi connectivity index (χ3n) is 2.72. The minimum atomic E-state index is -2.75. The van der Waals surface area contributed by atoms with Gasteiger partial charge in [0.15, 0.2) is 0 Å². The summed E-state index contributed by atoms with van der Waals surface area (Å²) in [4.78, 5) is 0. The molecular weight excluding hydrogens is 230 g/mol. The molecule has 0 radical (unpaired) electrons. The number of allylic oxidation sites excluding steroid dienone is 2. The summed E-state index contributed by atoms with van der Waals surface area (Å²) in [7, 11) is 0. The molecule has 0 saturated heterocycles. The largest absolute Gasteiger partial charge is 0.266 e. The fourth-order valence-electron chi connectivity index (χ4n) is 0.658. The predicted molar refractivity (Wildman–Crippen MR) is 80.2 cm³/mol. The molecule has 0 rings (SSSR count). The molecule has 0 saturated carbocycles. The van der Waals surface area contributed by atoms with Crippen molar-refractivity contribution in [1.29, 1.82) is 0 Å². The zero-order chi connectivity index (χ0) is 14.7. The van der Waals surface area contributed by atoms with Crippen LogP contribution in [0.5, 0.6) is 0 Å². The standard InChI is InChI=1S/C8H14F2.C7H14.CH4/c1-6(7(2,3)4)8(5,9)10;1-6(2)7(3,4)5;/h1H2,2-5H3;1H2,2-5H3;1H4. The Kier molecular flexibility index (Phi) is 8.83. The molecule has 2 heteroatoms. The van der Waals surface area contributed by atoms with Crippen molar-refractivity contribution in [2.75, 3.05) is 0 Å². The molecular formula is C16H32F2. The SMILES string of the molecule is C.C=C(C(C)(C)C)C(C)(F)F.C=C(C)C(C)(C)C. The molecule has 0 aliphatic carbocycles. The quantitative estimate of drug-likeness (QED) is 0.474. The fourth-order valence-corrected chi connectivity index (χ4v) is 0.658. The van der Waals surface area contributed by atoms with Crippen molar-refractivity contribution in [2.24, 2.45) is 10.8 Å². The highest BCUT2D eigenvalue weighted by molar-refractivity contribution is 5.13. The summed E-state index contributed by atoms with van der Waals surface area (Å²) >= 11 is 0. The van der Waals surface area contributed by atoms with E-state index in [1.54, 1.807) is 20.8 Å². The summed E-state index contributed by atoms with van der Waals surface area (Å²) in [6, 6.07) is 0. The Morgan fingerprint density at radius 3 is 1.00 bits per heavy atom. The van der Waals surface area contributed by atoms with Crippen molar-refractivity contribution in [3.05, 3.63) is 24.3 Å². The molecule has 0 spiro atoms. The second kappa shape index (κ2) is 7.06. The van der Waals surface area contributed by atoms with Crippen LogP contribution in [0.1, 0.15) is 62.8 Å². The van der Waals surface area contributed by atoms with Gasteiger partial charge in [-0.05, 0) is 23.3 Å². The van der Waals surface area contributed by atoms with Crippen molar-refractivity contribution in [3.63, 3.8) is 0 Å². The molecule has 0 nitrogen and oxygen atoms in total. The van der Waals surface area contributed by atoms with E-state index in [0.29, 0.717) is 5.41 Å². The van der Waals surface area contributed by atoms with E-state index in [2.05, 4.69) is 40.9 Å². The molecule has 0 N–H and O–H groups in total. The lowest BCUT2D eigenvalue weighted by atomic mass is 9.84. The predicted octanol–water partition coefficient (Wildman–Crippen LogP) is 6.49. The highest BCUT2D eigenvalue weighted by Crippen LogP contribution is 2.35. The summed E-state index contributed by atoms with van der Waals surface area (Å²) in [6.07, 6.45) is 0. The monoisotopic (exact) mass is 262 g/mol. The summed E-state index contributed by atoms with van der Waals surface area (Å²) < 4.78 is 25.0. The molecule has 0 aromatic heterocycles. The van der Waals surface area contributed by atoms with Crippen LogP contribution in [0, 0.1) is 10.8 Å². The van der Waals surface area contributed by atoms with Crippen LogP contribution in [0.25, 0.3) is 0 Å². The van der Waals surface area contributed by atoms with Crippen molar-refractivity contribution >= 4 is 0 Å². The lowest BCUT2D eigenvalue weighted by Gasteiger charge is -2.26. The summed E-state index contributed by atoms with van der Waals surface area (Å²) in [5.74, 6) is -2.75. The zero-order valence-electron chi connectivity index (χ0n) is 12.7. The number of halogens is 2.